The zero-order valence-corrected chi connectivity index (χ0v) is 20.4. The summed E-state index contributed by atoms with van der Waals surface area (Å²) in [5.41, 5.74) is 4.79. The van der Waals surface area contributed by atoms with Crippen LogP contribution in [0, 0.1) is 3.57 Å². The highest BCUT2D eigenvalue weighted by Gasteiger charge is 2.09. The highest BCUT2D eigenvalue weighted by molar-refractivity contribution is 14.1. The molecule has 4 nitrogen and oxygen atoms in total. The lowest BCUT2D eigenvalue weighted by Gasteiger charge is -2.12. The number of carbonyl (C=O) groups excluding carboxylic acids is 1. The molecule has 4 rings (SSSR count). The number of halogens is 3. The van der Waals surface area contributed by atoms with Gasteiger partial charge in [0, 0.05) is 14.7 Å². The Balaban J connectivity index is 1.58. The van der Waals surface area contributed by atoms with Gasteiger partial charge in [-0.15, -0.1) is 0 Å². The molecular formula is C25H17Cl2IN2O2. The van der Waals surface area contributed by atoms with Crippen LogP contribution >= 0.6 is 45.8 Å². The van der Waals surface area contributed by atoms with E-state index in [1.54, 1.807) is 30.5 Å². The molecule has 4 aromatic rings. The fourth-order valence-electron chi connectivity index (χ4n) is 3.15. The molecule has 0 saturated heterocycles. The van der Waals surface area contributed by atoms with Crippen molar-refractivity contribution in [3.05, 3.63) is 109 Å². The maximum atomic E-state index is 12.4. The van der Waals surface area contributed by atoms with Gasteiger partial charge in [0.2, 0.25) is 0 Å². The molecule has 1 N–H and O–H groups in total. The molecule has 0 radical (unpaired) electrons. The molecule has 0 bridgehead atoms. The lowest BCUT2D eigenvalue weighted by molar-refractivity contribution is 0.0955. The zero-order valence-electron chi connectivity index (χ0n) is 16.7. The number of rotatable bonds is 6. The van der Waals surface area contributed by atoms with Crippen molar-refractivity contribution in [3.8, 4) is 5.75 Å². The monoisotopic (exact) mass is 574 g/mol. The quantitative estimate of drug-likeness (QED) is 0.152. The summed E-state index contributed by atoms with van der Waals surface area (Å²) in [6.07, 6.45) is 1.61. The first-order valence-electron chi connectivity index (χ1n) is 9.69. The first-order chi connectivity index (χ1) is 15.5. The van der Waals surface area contributed by atoms with Gasteiger partial charge < -0.3 is 4.74 Å². The van der Waals surface area contributed by atoms with Gasteiger partial charge in [-0.1, -0.05) is 59.6 Å². The Bertz CT molecular complexity index is 1310. The van der Waals surface area contributed by atoms with Gasteiger partial charge in [-0.05, 0) is 81.4 Å². The van der Waals surface area contributed by atoms with Crippen molar-refractivity contribution in [1.29, 1.82) is 0 Å². The van der Waals surface area contributed by atoms with E-state index in [0.717, 1.165) is 25.5 Å². The number of nitrogens with one attached hydrogen (secondary N) is 1. The number of benzene rings is 4. The maximum Gasteiger partial charge on any atom is 0.271 e. The SMILES string of the molecule is O=C(N/N=C\c1c(OCc2ccc(Cl)c(Cl)c2)ccc2ccccc12)c1ccc(I)cc1. The Labute approximate surface area is 209 Å². The van der Waals surface area contributed by atoms with Crippen LogP contribution < -0.4 is 10.2 Å². The number of carbonyl (C=O) groups is 1. The van der Waals surface area contributed by atoms with Crippen LogP contribution in [0.3, 0.4) is 0 Å². The van der Waals surface area contributed by atoms with Crippen molar-refractivity contribution >= 4 is 68.7 Å². The third-order valence-corrected chi connectivity index (χ3v) is 6.23. The summed E-state index contributed by atoms with van der Waals surface area (Å²) >= 11 is 14.3. The van der Waals surface area contributed by atoms with Gasteiger partial charge >= 0.3 is 0 Å². The Kier molecular flexibility index (Phi) is 7.29. The molecule has 0 aromatic heterocycles. The van der Waals surface area contributed by atoms with Crippen molar-refractivity contribution in [1.82, 2.24) is 5.43 Å². The molecule has 0 fully saturated rings. The zero-order chi connectivity index (χ0) is 22.5. The number of hydrogen-bond donors (Lipinski definition) is 1. The summed E-state index contributed by atoms with van der Waals surface area (Å²) in [5, 5.41) is 7.17. The molecule has 32 heavy (non-hydrogen) atoms. The first-order valence-corrected chi connectivity index (χ1v) is 11.5. The number of hydrazone groups is 1. The second-order valence-corrected chi connectivity index (χ2v) is 9.00. The summed E-state index contributed by atoms with van der Waals surface area (Å²) in [6.45, 7) is 0.311. The number of hydrogen-bond acceptors (Lipinski definition) is 3. The molecule has 1 amide bonds. The van der Waals surface area contributed by atoms with Crippen LogP contribution in [-0.2, 0) is 6.61 Å². The van der Waals surface area contributed by atoms with Gasteiger partial charge in [0.1, 0.15) is 12.4 Å². The molecule has 4 aromatic carbocycles. The Morgan fingerprint density at radius 2 is 1.75 bits per heavy atom. The van der Waals surface area contributed by atoms with Crippen molar-refractivity contribution in [3.63, 3.8) is 0 Å². The van der Waals surface area contributed by atoms with Gasteiger partial charge in [0.25, 0.3) is 5.91 Å². The fraction of sp³-hybridized carbons (Fsp3) is 0.0400. The highest BCUT2D eigenvalue weighted by atomic mass is 127. The third kappa shape index (κ3) is 5.41. The predicted molar refractivity (Wildman–Crippen MR) is 139 cm³/mol. The minimum atomic E-state index is -0.281. The van der Waals surface area contributed by atoms with Gasteiger partial charge in [-0.2, -0.15) is 5.10 Å². The van der Waals surface area contributed by atoms with Crippen LogP contribution in [0.4, 0.5) is 0 Å². The van der Waals surface area contributed by atoms with E-state index < -0.39 is 0 Å². The molecular weight excluding hydrogens is 558 g/mol. The molecule has 7 heteroatoms. The molecule has 0 aliphatic rings. The standard InChI is InChI=1S/C25H17Cl2IN2O2/c26-22-11-5-16(13-23(22)27)15-32-24-12-8-17-3-1-2-4-20(17)21(24)14-29-30-25(31)18-6-9-19(28)10-7-18/h1-14H,15H2,(H,30,31)/b29-14-. The topological polar surface area (TPSA) is 50.7 Å². The molecule has 0 spiro atoms. The van der Waals surface area contributed by atoms with E-state index in [0.29, 0.717) is 28.0 Å². The van der Waals surface area contributed by atoms with Crippen molar-refractivity contribution in [2.75, 3.05) is 0 Å². The third-order valence-electron chi connectivity index (χ3n) is 4.78. The minimum Gasteiger partial charge on any atom is -0.488 e. The number of nitrogens with zero attached hydrogens (tertiary/aromatic N) is 1. The maximum absolute atomic E-state index is 12.4. The summed E-state index contributed by atoms with van der Waals surface area (Å²) in [7, 11) is 0. The average Bonchev–Trinajstić information content (AvgIpc) is 2.80. The Morgan fingerprint density at radius 3 is 2.53 bits per heavy atom. The van der Waals surface area contributed by atoms with E-state index in [4.69, 9.17) is 27.9 Å². The lowest BCUT2D eigenvalue weighted by Crippen LogP contribution is -2.17. The minimum absolute atomic E-state index is 0.281. The number of fused-ring (bicyclic) bond motifs is 1. The summed E-state index contributed by atoms with van der Waals surface area (Å²) in [4.78, 5) is 12.4. The molecule has 0 aliphatic carbocycles. The van der Waals surface area contributed by atoms with E-state index in [9.17, 15) is 4.79 Å². The highest BCUT2D eigenvalue weighted by Crippen LogP contribution is 2.28. The Hall–Kier alpha value is -2.61. The van der Waals surface area contributed by atoms with Crippen LogP contribution in [0.15, 0.2) is 84.0 Å². The van der Waals surface area contributed by atoms with E-state index in [-0.39, 0.29) is 5.91 Å². The van der Waals surface area contributed by atoms with Gasteiger partial charge in [0.15, 0.2) is 0 Å². The van der Waals surface area contributed by atoms with Crippen LogP contribution in [0.2, 0.25) is 10.0 Å². The fourth-order valence-corrected chi connectivity index (χ4v) is 3.83. The normalized spacial score (nSPS) is 11.1. The van der Waals surface area contributed by atoms with E-state index in [1.165, 1.54) is 0 Å². The van der Waals surface area contributed by atoms with E-state index >= 15 is 0 Å². The van der Waals surface area contributed by atoms with Crippen molar-refractivity contribution < 1.29 is 9.53 Å². The summed E-state index contributed by atoms with van der Waals surface area (Å²) in [5.74, 6) is 0.359. The van der Waals surface area contributed by atoms with E-state index in [1.807, 2.05) is 54.6 Å². The van der Waals surface area contributed by atoms with Crippen molar-refractivity contribution in [2.24, 2.45) is 5.10 Å². The van der Waals surface area contributed by atoms with E-state index in [2.05, 4.69) is 33.1 Å². The largest absolute Gasteiger partial charge is 0.488 e. The van der Waals surface area contributed by atoms with Gasteiger partial charge in [-0.25, -0.2) is 5.43 Å². The molecule has 0 saturated carbocycles. The van der Waals surface area contributed by atoms with Gasteiger partial charge in [-0.3, -0.25) is 4.79 Å². The van der Waals surface area contributed by atoms with Crippen LogP contribution in [-0.4, -0.2) is 12.1 Å². The Morgan fingerprint density at radius 1 is 0.969 bits per heavy atom. The first kappa shape index (κ1) is 22.6. The van der Waals surface area contributed by atoms with Crippen LogP contribution in [0.5, 0.6) is 5.75 Å². The lowest BCUT2D eigenvalue weighted by atomic mass is 10.0. The molecule has 160 valence electrons. The number of ether oxygens (including phenoxy) is 1. The summed E-state index contributed by atoms with van der Waals surface area (Å²) < 4.78 is 7.13. The number of amides is 1. The molecule has 0 heterocycles. The van der Waals surface area contributed by atoms with Gasteiger partial charge in [0.05, 0.1) is 16.3 Å². The van der Waals surface area contributed by atoms with Crippen LogP contribution in [0.25, 0.3) is 10.8 Å². The molecule has 0 unspecified atom stereocenters. The smallest absolute Gasteiger partial charge is 0.271 e. The second kappa shape index (κ2) is 10.3. The van der Waals surface area contributed by atoms with Crippen LogP contribution in [0.1, 0.15) is 21.5 Å². The predicted octanol–water partition coefficient (Wildman–Crippen LogP) is 7.09. The van der Waals surface area contributed by atoms with Crippen molar-refractivity contribution in [2.45, 2.75) is 6.61 Å². The molecule has 0 aliphatic heterocycles. The molecule has 0 atom stereocenters. The second-order valence-electron chi connectivity index (χ2n) is 6.94. The average molecular weight is 575 g/mol. The summed E-state index contributed by atoms with van der Waals surface area (Å²) in [6, 6.07) is 24.5.